The molecule has 2 aromatic rings. The molecule has 0 spiro atoms. The van der Waals surface area contributed by atoms with Crippen LogP contribution in [0.2, 0.25) is 5.02 Å². The minimum atomic E-state index is -1.07. The van der Waals surface area contributed by atoms with Gasteiger partial charge in [-0.25, -0.2) is 4.79 Å². The highest BCUT2D eigenvalue weighted by Crippen LogP contribution is 2.16. The number of hydrogen-bond acceptors (Lipinski definition) is 3. The molecule has 1 N–H and O–H groups in total. The van der Waals surface area contributed by atoms with E-state index in [1.807, 2.05) is 12.1 Å². The van der Waals surface area contributed by atoms with Gasteiger partial charge in [0.15, 0.2) is 0 Å². The quantitative estimate of drug-likeness (QED) is 0.908. The topological polar surface area (TPSA) is 59.7 Å². The number of hydrogen-bond donors (Lipinski definition) is 1. The fourth-order valence-electron chi connectivity index (χ4n) is 1.68. The Kier molecular flexibility index (Phi) is 4.24. The summed E-state index contributed by atoms with van der Waals surface area (Å²) in [5.41, 5.74) is 1.59. The molecule has 1 heterocycles. The molecule has 0 unspecified atom stereocenters. The zero-order valence-corrected chi connectivity index (χ0v) is 11.1. The average Bonchev–Trinajstić information content (AvgIpc) is 2.73. The molecule has 0 atom stereocenters. The minimum Gasteiger partial charge on any atom is -0.475 e. The predicted molar refractivity (Wildman–Crippen MR) is 70.3 cm³/mol. The van der Waals surface area contributed by atoms with Crippen LogP contribution in [0.3, 0.4) is 0 Å². The first kappa shape index (κ1) is 13.6. The summed E-state index contributed by atoms with van der Waals surface area (Å²) in [7, 11) is 0. The molecular weight excluding hydrogens is 268 g/mol. The third kappa shape index (κ3) is 3.59. The van der Waals surface area contributed by atoms with Crippen LogP contribution in [0.15, 0.2) is 34.7 Å². The van der Waals surface area contributed by atoms with E-state index in [1.54, 1.807) is 25.1 Å². The van der Waals surface area contributed by atoms with Gasteiger partial charge in [0.1, 0.15) is 12.4 Å². The molecule has 0 saturated carbocycles. The lowest BCUT2D eigenvalue weighted by atomic mass is 10.2. The van der Waals surface area contributed by atoms with Crippen LogP contribution in [0, 0.1) is 6.92 Å². The van der Waals surface area contributed by atoms with Crippen molar-refractivity contribution >= 4 is 17.6 Å². The first-order chi connectivity index (χ1) is 9.06. The van der Waals surface area contributed by atoms with E-state index >= 15 is 0 Å². The molecule has 1 aromatic heterocycles. The molecule has 0 amide bonds. The second kappa shape index (κ2) is 5.91. The highest BCUT2D eigenvalue weighted by molar-refractivity contribution is 6.30. The zero-order chi connectivity index (χ0) is 13.8. The fraction of sp³-hybridized carbons (Fsp3) is 0.214. The van der Waals surface area contributed by atoms with Crippen LogP contribution in [0.25, 0.3) is 0 Å². The summed E-state index contributed by atoms with van der Waals surface area (Å²) >= 11 is 5.78. The molecule has 5 heteroatoms. The number of ether oxygens (including phenoxy) is 1. The number of carboxylic acids is 1. The van der Waals surface area contributed by atoms with Gasteiger partial charge in [0.2, 0.25) is 5.76 Å². The Morgan fingerprint density at radius 3 is 2.58 bits per heavy atom. The van der Waals surface area contributed by atoms with Crippen molar-refractivity contribution in [2.45, 2.75) is 20.1 Å². The first-order valence-electron chi connectivity index (χ1n) is 5.71. The molecule has 0 saturated heterocycles. The summed E-state index contributed by atoms with van der Waals surface area (Å²) in [6.45, 7) is 2.34. The van der Waals surface area contributed by atoms with E-state index in [9.17, 15) is 4.79 Å². The van der Waals surface area contributed by atoms with Crippen molar-refractivity contribution in [3.05, 3.63) is 58.0 Å². The number of carbonyl (C=O) groups is 1. The van der Waals surface area contributed by atoms with E-state index in [2.05, 4.69) is 0 Å². The van der Waals surface area contributed by atoms with E-state index in [4.69, 9.17) is 25.9 Å². The highest BCUT2D eigenvalue weighted by atomic mass is 35.5. The standard InChI is InChI=1S/C14H13ClO4/c1-9-6-12(19-13(9)14(16)17)8-18-7-10-2-4-11(15)5-3-10/h2-6H,7-8H2,1H3,(H,16,17). The first-order valence-corrected chi connectivity index (χ1v) is 6.09. The predicted octanol–water partition coefficient (Wildman–Crippen LogP) is 3.66. The highest BCUT2D eigenvalue weighted by Gasteiger charge is 2.14. The summed E-state index contributed by atoms with van der Waals surface area (Å²) in [6, 6.07) is 9.00. The Labute approximate surface area is 115 Å². The monoisotopic (exact) mass is 280 g/mol. The minimum absolute atomic E-state index is 0.0370. The van der Waals surface area contributed by atoms with Gasteiger partial charge in [-0.05, 0) is 30.7 Å². The van der Waals surface area contributed by atoms with Gasteiger partial charge in [0, 0.05) is 10.6 Å². The van der Waals surface area contributed by atoms with Crippen molar-refractivity contribution in [1.82, 2.24) is 0 Å². The SMILES string of the molecule is Cc1cc(COCc2ccc(Cl)cc2)oc1C(=O)O. The maximum atomic E-state index is 10.8. The van der Waals surface area contributed by atoms with Gasteiger partial charge in [-0.15, -0.1) is 0 Å². The second-order valence-corrected chi connectivity index (χ2v) is 4.59. The zero-order valence-electron chi connectivity index (χ0n) is 10.4. The van der Waals surface area contributed by atoms with Crippen molar-refractivity contribution < 1.29 is 19.1 Å². The average molecular weight is 281 g/mol. The maximum absolute atomic E-state index is 10.8. The summed E-state index contributed by atoms with van der Waals surface area (Å²) in [5, 5.41) is 9.54. The van der Waals surface area contributed by atoms with Crippen molar-refractivity contribution in [3.8, 4) is 0 Å². The molecule has 0 aliphatic carbocycles. The number of halogens is 1. The molecule has 1 aromatic carbocycles. The van der Waals surface area contributed by atoms with Crippen molar-refractivity contribution in [1.29, 1.82) is 0 Å². The molecule has 0 radical (unpaired) electrons. The van der Waals surface area contributed by atoms with Crippen LogP contribution in [0.1, 0.15) is 27.4 Å². The summed E-state index contributed by atoms with van der Waals surface area (Å²) in [5.74, 6) is -0.601. The Bertz CT molecular complexity index is 572. The number of aromatic carboxylic acids is 1. The summed E-state index contributed by atoms with van der Waals surface area (Å²) < 4.78 is 10.7. The molecular formula is C14H13ClO4. The normalized spacial score (nSPS) is 10.6. The molecule has 0 aliphatic heterocycles. The third-order valence-electron chi connectivity index (χ3n) is 2.59. The van der Waals surface area contributed by atoms with Crippen molar-refractivity contribution in [2.75, 3.05) is 0 Å². The lowest BCUT2D eigenvalue weighted by molar-refractivity contribution is 0.0640. The van der Waals surface area contributed by atoms with E-state index in [1.165, 1.54) is 0 Å². The van der Waals surface area contributed by atoms with Gasteiger partial charge in [-0.2, -0.15) is 0 Å². The maximum Gasteiger partial charge on any atom is 0.372 e. The Morgan fingerprint density at radius 2 is 2.00 bits per heavy atom. The molecule has 19 heavy (non-hydrogen) atoms. The van der Waals surface area contributed by atoms with Crippen LogP contribution in [0.5, 0.6) is 0 Å². The Hall–Kier alpha value is -1.78. The number of rotatable bonds is 5. The van der Waals surface area contributed by atoms with Gasteiger partial charge >= 0.3 is 5.97 Å². The van der Waals surface area contributed by atoms with Crippen LogP contribution in [0.4, 0.5) is 0 Å². The number of benzene rings is 1. The van der Waals surface area contributed by atoms with Crippen LogP contribution >= 0.6 is 11.6 Å². The fourth-order valence-corrected chi connectivity index (χ4v) is 1.81. The number of furan rings is 1. The van der Waals surface area contributed by atoms with Crippen LogP contribution in [-0.2, 0) is 18.0 Å². The largest absolute Gasteiger partial charge is 0.475 e. The van der Waals surface area contributed by atoms with Crippen LogP contribution < -0.4 is 0 Å². The third-order valence-corrected chi connectivity index (χ3v) is 2.84. The lowest BCUT2D eigenvalue weighted by Gasteiger charge is -2.02. The van der Waals surface area contributed by atoms with Crippen molar-refractivity contribution in [3.63, 3.8) is 0 Å². The second-order valence-electron chi connectivity index (χ2n) is 4.15. The molecule has 0 fully saturated rings. The summed E-state index contributed by atoms with van der Waals surface area (Å²) in [6.07, 6.45) is 0. The smallest absolute Gasteiger partial charge is 0.372 e. The molecule has 2 rings (SSSR count). The number of carboxylic acid groups (broad SMARTS) is 1. The number of aryl methyl sites for hydroxylation is 1. The van der Waals surface area contributed by atoms with E-state index in [-0.39, 0.29) is 12.4 Å². The summed E-state index contributed by atoms with van der Waals surface area (Å²) in [4.78, 5) is 10.8. The molecule has 0 aliphatic rings. The van der Waals surface area contributed by atoms with Gasteiger partial charge in [-0.3, -0.25) is 0 Å². The van der Waals surface area contributed by atoms with E-state index < -0.39 is 5.97 Å². The Balaban J connectivity index is 1.90. The van der Waals surface area contributed by atoms with E-state index in [0.717, 1.165) is 5.56 Å². The van der Waals surface area contributed by atoms with Crippen molar-refractivity contribution in [2.24, 2.45) is 0 Å². The molecule has 0 bridgehead atoms. The molecule has 4 nitrogen and oxygen atoms in total. The lowest BCUT2D eigenvalue weighted by Crippen LogP contribution is -1.95. The van der Waals surface area contributed by atoms with E-state index in [0.29, 0.717) is 23.0 Å². The van der Waals surface area contributed by atoms with Crippen LogP contribution in [-0.4, -0.2) is 11.1 Å². The van der Waals surface area contributed by atoms with Gasteiger partial charge < -0.3 is 14.3 Å². The Morgan fingerprint density at radius 1 is 1.32 bits per heavy atom. The van der Waals surface area contributed by atoms with Gasteiger partial charge in [0.25, 0.3) is 0 Å². The van der Waals surface area contributed by atoms with Gasteiger partial charge in [0.05, 0.1) is 6.61 Å². The van der Waals surface area contributed by atoms with Gasteiger partial charge in [-0.1, -0.05) is 23.7 Å². The molecule has 100 valence electrons.